The van der Waals surface area contributed by atoms with Gasteiger partial charge < -0.3 is 4.90 Å². The first kappa shape index (κ1) is 12.9. The Bertz CT molecular complexity index is 494. The van der Waals surface area contributed by atoms with Gasteiger partial charge >= 0.3 is 0 Å². The first-order valence-electron chi connectivity index (χ1n) is 6.26. The van der Waals surface area contributed by atoms with Crippen molar-refractivity contribution in [3.63, 3.8) is 0 Å². The highest BCUT2D eigenvalue weighted by Crippen LogP contribution is 2.27. The Morgan fingerprint density at radius 1 is 1.28 bits per heavy atom. The van der Waals surface area contributed by atoms with Gasteiger partial charge in [0.05, 0.1) is 5.69 Å². The summed E-state index contributed by atoms with van der Waals surface area (Å²) in [6, 6.07) is 2.28. The van der Waals surface area contributed by atoms with Crippen LogP contribution in [0.2, 0.25) is 0 Å². The van der Waals surface area contributed by atoms with Crippen LogP contribution < -0.4 is 4.90 Å². The van der Waals surface area contributed by atoms with E-state index in [9.17, 15) is 5.26 Å². The van der Waals surface area contributed by atoms with Crippen LogP contribution in [0.5, 0.6) is 0 Å². The van der Waals surface area contributed by atoms with E-state index in [0.29, 0.717) is 5.56 Å². The molecule has 0 amide bonds. The lowest BCUT2D eigenvalue weighted by molar-refractivity contribution is 0.138. The van der Waals surface area contributed by atoms with Crippen LogP contribution in [0.1, 0.15) is 25.1 Å². The molecule has 1 aliphatic rings. The van der Waals surface area contributed by atoms with Crippen molar-refractivity contribution in [2.24, 2.45) is 7.05 Å². The zero-order valence-electron chi connectivity index (χ0n) is 11.9. The lowest BCUT2D eigenvalue weighted by Gasteiger charge is -2.46. The van der Waals surface area contributed by atoms with Gasteiger partial charge in [-0.3, -0.25) is 9.58 Å². The van der Waals surface area contributed by atoms with Gasteiger partial charge in [-0.15, -0.1) is 0 Å². The predicted octanol–water partition coefficient (Wildman–Crippen LogP) is 1.13. The first-order chi connectivity index (χ1) is 8.36. The van der Waals surface area contributed by atoms with Crippen LogP contribution in [0.3, 0.4) is 0 Å². The van der Waals surface area contributed by atoms with Crippen molar-refractivity contribution in [1.82, 2.24) is 14.7 Å². The minimum atomic E-state index is 0.114. The van der Waals surface area contributed by atoms with Crippen molar-refractivity contribution >= 4 is 5.82 Å². The van der Waals surface area contributed by atoms with Crippen molar-refractivity contribution in [2.45, 2.75) is 26.3 Å². The molecule has 2 heterocycles. The number of nitrogens with zero attached hydrogens (tertiary/aromatic N) is 5. The molecule has 0 N–H and O–H groups in total. The average Bonchev–Trinajstić information content (AvgIpc) is 2.57. The van der Waals surface area contributed by atoms with E-state index >= 15 is 0 Å². The Balaban J connectivity index is 2.37. The average molecular weight is 247 g/mol. The quantitative estimate of drug-likeness (QED) is 0.746. The van der Waals surface area contributed by atoms with E-state index in [1.54, 1.807) is 0 Å². The van der Waals surface area contributed by atoms with E-state index in [0.717, 1.165) is 31.1 Å². The molecule has 0 atom stereocenters. The van der Waals surface area contributed by atoms with Gasteiger partial charge in [0.2, 0.25) is 0 Å². The molecule has 0 aliphatic carbocycles. The third-order valence-electron chi connectivity index (χ3n) is 3.92. The lowest BCUT2D eigenvalue weighted by Crippen LogP contribution is -2.58. The number of nitriles is 1. The maximum Gasteiger partial charge on any atom is 0.145 e. The van der Waals surface area contributed by atoms with E-state index in [1.807, 2.05) is 18.7 Å². The Kier molecular flexibility index (Phi) is 3.07. The van der Waals surface area contributed by atoms with Crippen LogP contribution in [0.25, 0.3) is 0 Å². The SMILES string of the molecule is Cc1nn(C)c(N2CCN(C)C(C)(C)C2)c1C#N. The molecule has 0 unspecified atom stereocenters. The number of rotatable bonds is 1. The van der Waals surface area contributed by atoms with Crippen molar-refractivity contribution in [3.05, 3.63) is 11.3 Å². The molecule has 1 fully saturated rings. The molecule has 1 saturated heterocycles. The topological polar surface area (TPSA) is 48.1 Å². The van der Waals surface area contributed by atoms with E-state index in [-0.39, 0.29) is 5.54 Å². The van der Waals surface area contributed by atoms with Crippen molar-refractivity contribution in [1.29, 1.82) is 5.26 Å². The first-order valence-corrected chi connectivity index (χ1v) is 6.26. The smallest absolute Gasteiger partial charge is 0.145 e. The Hall–Kier alpha value is -1.54. The Labute approximate surface area is 109 Å². The highest BCUT2D eigenvalue weighted by molar-refractivity contribution is 5.57. The van der Waals surface area contributed by atoms with E-state index in [1.165, 1.54) is 0 Å². The predicted molar refractivity (Wildman–Crippen MR) is 71.6 cm³/mol. The zero-order chi connectivity index (χ0) is 13.5. The van der Waals surface area contributed by atoms with Gasteiger partial charge in [-0.25, -0.2) is 0 Å². The van der Waals surface area contributed by atoms with Gasteiger partial charge in [-0.1, -0.05) is 0 Å². The van der Waals surface area contributed by atoms with Crippen LogP contribution >= 0.6 is 0 Å². The van der Waals surface area contributed by atoms with Crippen LogP contribution in [0.4, 0.5) is 5.82 Å². The molecule has 0 radical (unpaired) electrons. The fourth-order valence-corrected chi connectivity index (χ4v) is 2.56. The minimum absolute atomic E-state index is 0.114. The molecule has 1 aliphatic heterocycles. The summed E-state index contributed by atoms with van der Waals surface area (Å²) in [5, 5.41) is 13.6. The molecule has 2 rings (SSSR count). The Morgan fingerprint density at radius 2 is 1.94 bits per heavy atom. The second kappa shape index (κ2) is 4.29. The highest BCUT2D eigenvalue weighted by Gasteiger charge is 2.33. The van der Waals surface area contributed by atoms with Crippen LogP contribution in [-0.2, 0) is 7.05 Å². The summed E-state index contributed by atoms with van der Waals surface area (Å²) in [7, 11) is 4.06. The van der Waals surface area contributed by atoms with E-state index in [2.05, 4.69) is 41.9 Å². The van der Waals surface area contributed by atoms with Crippen molar-refractivity contribution in [2.75, 3.05) is 31.6 Å². The monoisotopic (exact) mass is 247 g/mol. The van der Waals surface area contributed by atoms with E-state index < -0.39 is 0 Å². The summed E-state index contributed by atoms with van der Waals surface area (Å²) >= 11 is 0. The number of aryl methyl sites for hydroxylation is 2. The number of piperazine rings is 1. The molecule has 18 heavy (non-hydrogen) atoms. The van der Waals surface area contributed by atoms with Crippen molar-refractivity contribution < 1.29 is 0 Å². The molecule has 1 aromatic heterocycles. The minimum Gasteiger partial charge on any atom is -0.353 e. The third kappa shape index (κ3) is 1.97. The van der Waals surface area contributed by atoms with Crippen LogP contribution in [-0.4, -0.2) is 46.9 Å². The van der Waals surface area contributed by atoms with Crippen LogP contribution in [0.15, 0.2) is 0 Å². The standard InChI is InChI=1S/C13H21N5/c1-10-11(8-14)12(17(5)15-10)18-7-6-16(4)13(2,3)9-18/h6-7,9H2,1-5H3. The molecular formula is C13H21N5. The summed E-state index contributed by atoms with van der Waals surface area (Å²) in [4.78, 5) is 4.64. The fourth-order valence-electron chi connectivity index (χ4n) is 2.56. The molecule has 0 bridgehead atoms. The van der Waals surface area contributed by atoms with E-state index in [4.69, 9.17) is 0 Å². The number of aromatic nitrogens is 2. The maximum absolute atomic E-state index is 9.28. The number of likely N-dealkylation sites (N-methyl/N-ethyl adjacent to an activating group) is 1. The molecule has 1 aromatic rings. The Morgan fingerprint density at radius 3 is 2.50 bits per heavy atom. The summed E-state index contributed by atoms with van der Waals surface area (Å²) in [6.07, 6.45) is 0. The maximum atomic E-state index is 9.28. The molecular weight excluding hydrogens is 226 g/mol. The molecule has 0 saturated carbocycles. The molecule has 5 nitrogen and oxygen atoms in total. The zero-order valence-corrected chi connectivity index (χ0v) is 11.9. The van der Waals surface area contributed by atoms with Gasteiger partial charge in [0.25, 0.3) is 0 Å². The molecule has 0 aromatic carbocycles. The lowest BCUT2D eigenvalue weighted by atomic mass is 9.99. The van der Waals surface area contributed by atoms with Gasteiger partial charge in [0.15, 0.2) is 0 Å². The summed E-state index contributed by atoms with van der Waals surface area (Å²) < 4.78 is 1.83. The van der Waals surface area contributed by atoms with Gasteiger partial charge in [0, 0.05) is 32.2 Å². The summed E-state index contributed by atoms with van der Waals surface area (Å²) in [5.74, 6) is 0.955. The second-order valence-electron chi connectivity index (χ2n) is 5.67. The van der Waals surface area contributed by atoms with Gasteiger partial charge in [0.1, 0.15) is 17.5 Å². The molecule has 98 valence electrons. The fraction of sp³-hybridized carbons (Fsp3) is 0.692. The highest BCUT2D eigenvalue weighted by atomic mass is 15.4. The van der Waals surface area contributed by atoms with Gasteiger partial charge in [-0.2, -0.15) is 10.4 Å². The largest absolute Gasteiger partial charge is 0.353 e. The number of hydrogen-bond donors (Lipinski definition) is 0. The van der Waals surface area contributed by atoms with Gasteiger partial charge in [-0.05, 0) is 27.8 Å². The number of hydrogen-bond acceptors (Lipinski definition) is 4. The van der Waals surface area contributed by atoms with Crippen LogP contribution in [0, 0.1) is 18.3 Å². The summed E-state index contributed by atoms with van der Waals surface area (Å²) in [5.41, 5.74) is 1.63. The molecule has 5 heteroatoms. The summed E-state index contributed by atoms with van der Waals surface area (Å²) in [6.45, 7) is 9.21. The normalized spacial score (nSPS) is 19.9. The third-order valence-corrected chi connectivity index (χ3v) is 3.92. The number of anilines is 1. The second-order valence-corrected chi connectivity index (χ2v) is 5.67. The van der Waals surface area contributed by atoms with Crippen molar-refractivity contribution in [3.8, 4) is 6.07 Å². The molecule has 0 spiro atoms.